The van der Waals surface area contributed by atoms with Gasteiger partial charge in [-0.1, -0.05) is 19.3 Å². The SMILES string of the molecule is Cc1n[nH]c(-c2ccc(OC3CCCCC3)cc2)c1COC(=O)N(C)C1CCCC1. The van der Waals surface area contributed by atoms with Crippen molar-refractivity contribution in [3.8, 4) is 17.0 Å². The molecular weight excluding hydrogens is 378 g/mol. The quantitative estimate of drug-likeness (QED) is 0.671. The number of nitrogens with zero attached hydrogens (tertiary/aromatic N) is 2. The van der Waals surface area contributed by atoms with E-state index in [1.165, 1.54) is 32.1 Å². The Kier molecular flexibility index (Phi) is 6.60. The van der Waals surface area contributed by atoms with Gasteiger partial charge in [0.1, 0.15) is 12.4 Å². The second-order valence-electron chi connectivity index (χ2n) is 8.67. The Balaban J connectivity index is 1.39. The first kappa shape index (κ1) is 20.8. The summed E-state index contributed by atoms with van der Waals surface area (Å²) in [5.74, 6) is 0.910. The molecule has 1 aromatic carbocycles. The van der Waals surface area contributed by atoms with E-state index in [1.807, 2.05) is 38.2 Å². The van der Waals surface area contributed by atoms with Crippen LogP contribution in [0.1, 0.15) is 69.0 Å². The number of rotatable bonds is 6. The third-order valence-electron chi connectivity index (χ3n) is 6.57. The average molecular weight is 412 g/mol. The molecule has 0 bridgehead atoms. The summed E-state index contributed by atoms with van der Waals surface area (Å²) in [5.41, 5.74) is 3.68. The van der Waals surface area contributed by atoms with E-state index in [1.54, 1.807) is 4.90 Å². The van der Waals surface area contributed by atoms with Gasteiger partial charge in [-0.15, -0.1) is 0 Å². The molecule has 0 unspecified atom stereocenters. The summed E-state index contributed by atoms with van der Waals surface area (Å²) in [6.07, 6.45) is 10.7. The van der Waals surface area contributed by atoms with Crippen LogP contribution in [0.15, 0.2) is 24.3 Å². The fraction of sp³-hybridized carbons (Fsp3) is 0.583. The molecule has 6 nitrogen and oxygen atoms in total. The lowest BCUT2D eigenvalue weighted by atomic mass is 9.98. The highest BCUT2D eigenvalue weighted by Crippen LogP contribution is 2.29. The molecule has 30 heavy (non-hydrogen) atoms. The minimum absolute atomic E-state index is 0.216. The Morgan fingerprint density at radius 2 is 1.73 bits per heavy atom. The van der Waals surface area contributed by atoms with Gasteiger partial charge in [-0.25, -0.2) is 4.79 Å². The number of nitrogens with one attached hydrogen (secondary N) is 1. The Hall–Kier alpha value is -2.50. The van der Waals surface area contributed by atoms with Crippen LogP contribution < -0.4 is 4.74 Å². The second kappa shape index (κ2) is 9.54. The van der Waals surface area contributed by atoms with Crippen molar-refractivity contribution in [1.29, 1.82) is 0 Å². The van der Waals surface area contributed by atoms with Gasteiger partial charge in [0, 0.05) is 24.2 Å². The molecule has 2 aromatic rings. The largest absolute Gasteiger partial charge is 0.490 e. The van der Waals surface area contributed by atoms with Crippen molar-refractivity contribution >= 4 is 6.09 Å². The Bertz CT molecular complexity index is 834. The highest BCUT2D eigenvalue weighted by atomic mass is 16.6. The lowest BCUT2D eigenvalue weighted by Gasteiger charge is -2.23. The van der Waals surface area contributed by atoms with Gasteiger partial charge < -0.3 is 14.4 Å². The number of benzene rings is 1. The van der Waals surface area contributed by atoms with E-state index in [-0.39, 0.29) is 12.7 Å². The minimum atomic E-state index is -0.260. The molecule has 2 aliphatic rings. The van der Waals surface area contributed by atoms with Gasteiger partial charge in [0.05, 0.1) is 17.5 Å². The van der Waals surface area contributed by atoms with Crippen LogP contribution >= 0.6 is 0 Å². The third-order valence-corrected chi connectivity index (χ3v) is 6.57. The maximum Gasteiger partial charge on any atom is 0.410 e. The number of carbonyl (C=O) groups excluding carboxylic acids is 1. The highest BCUT2D eigenvalue weighted by molar-refractivity contribution is 5.69. The molecule has 1 aromatic heterocycles. The van der Waals surface area contributed by atoms with E-state index in [2.05, 4.69) is 10.2 Å². The number of H-pyrrole nitrogens is 1. The molecule has 0 saturated heterocycles. The molecule has 0 atom stereocenters. The van der Waals surface area contributed by atoms with E-state index in [9.17, 15) is 4.79 Å². The first-order valence-electron chi connectivity index (χ1n) is 11.3. The van der Waals surface area contributed by atoms with Crippen molar-refractivity contribution in [1.82, 2.24) is 15.1 Å². The summed E-state index contributed by atoms with van der Waals surface area (Å²) in [6.45, 7) is 2.15. The minimum Gasteiger partial charge on any atom is -0.490 e. The fourth-order valence-electron chi connectivity index (χ4n) is 4.62. The van der Waals surface area contributed by atoms with Gasteiger partial charge in [-0.3, -0.25) is 5.10 Å². The molecule has 4 rings (SSSR count). The number of ether oxygens (including phenoxy) is 2. The number of aromatic amines is 1. The summed E-state index contributed by atoms with van der Waals surface area (Å²) in [7, 11) is 1.84. The van der Waals surface area contributed by atoms with Crippen molar-refractivity contribution in [2.45, 2.75) is 83.5 Å². The molecule has 0 aliphatic heterocycles. The summed E-state index contributed by atoms with van der Waals surface area (Å²) < 4.78 is 11.8. The van der Waals surface area contributed by atoms with Gasteiger partial charge in [0.25, 0.3) is 0 Å². The van der Waals surface area contributed by atoms with Crippen molar-refractivity contribution in [2.75, 3.05) is 7.05 Å². The van der Waals surface area contributed by atoms with Crippen LogP contribution in [-0.4, -0.2) is 40.4 Å². The van der Waals surface area contributed by atoms with Crippen molar-refractivity contribution in [3.05, 3.63) is 35.5 Å². The van der Waals surface area contributed by atoms with Crippen LogP contribution in [0.3, 0.4) is 0 Å². The zero-order chi connectivity index (χ0) is 20.9. The van der Waals surface area contributed by atoms with Gasteiger partial charge in [0.2, 0.25) is 0 Å². The number of amides is 1. The summed E-state index contributed by atoms with van der Waals surface area (Å²) in [4.78, 5) is 14.2. The smallest absolute Gasteiger partial charge is 0.410 e. The lowest BCUT2D eigenvalue weighted by molar-refractivity contribution is 0.0918. The fourth-order valence-corrected chi connectivity index (χ4v) is 4.62. The highest BCUT2D eigenvalue weighted by Gasteiger charge is 2.25. The Morgan fingerprint density at radius 1 is 1.07 bits per heavy atom. The van der Waals surface area contributed by atoms with Crippen LogP contribution in [0.2, 0.25) is 0 Å². The van der Waals surface area contributed by atoms with Crippen LogP contribution in [0, 0.1) is 6.92 Å². The standard InChI is InChI=1S/C24H33N3O3/c1-17-22(16-29-24(28)27(2)19-8-6-7-9-19)23(26-25-17)18-12-14-21(15-13-18)30-20-10-4-3-5-11-20/h12-15,19-20H,3-11,16H2,1-2H3,(H,25,26). The van der Waals surface area contributed by atoms with E-state index in [0.29, 0.717) is 12.1 Å². The van der Waals surface area contributed by atoms with Crippen molar-refractivity contribution in [2.24, 2.45) is 0 Å². The van der Waals surface area contributed by atoms with E-state index in [4.69, 9.17) is 9.47 Å². The number of carbonyl (C=O) groups is 1. The van der Waals surface area contributed by atoms with Gasteiger partial charge in [-0.05, 0) is 69.7 Å². The van der Waals surface area contributed by atoms with E-state index >= 15 is 0 Å². The Labute approximate surface area is 178 Å². The van der Waals surface area contributed by atoms with Crippen LogP contribution in [0.4, 0.5) is 4.79 Å². The molecule has 2 saturated carbocycles. The number of aromatic nitrogens is 2. The summed E-state index contributed by atoms with van der Waals surface area (Å²) in [6, 6.07) is 8.43. The molecular formula is C24H33N3O3. The molecule has 6 heteroatoms. The van der Waals surface area contributed by atoms with Gasteiger partial charge in [0.15, 0.2) is 0 Å². The molecule has 2 aliphatic carbocycles. The molecule has 1 amide bonds. The van der Waals surface area contributed by atoms with Crippen LogP contribution in [0.25, 0.3) is 11.3 Å². The number of hydrogen-bond donors (Lipinski definition) is 1. The maximum absolute atomic E-state index is 12.5. The maximum atomic E-state index is 12.5. The predicted molar refractivity (Wildman–Crippen MR) is 116 cm³/mol. The first-order chi connectivity index (χ1) is 14.6. The summed E-state index contributed by atoms with van der Waals surface area (Å²) >= 11 is 0. The van der Waals surface area contributed by atoms with Gasteiger partial charge in [-0.2, -0.15) is 5.10 Å². The van der Waals surface area contributed by atoms with Crippen LogP contribution in [0.5, 0.6) is 5.75 Å². The molecule has 1 heterocycles. The second-order valence-corrected chi connectivity index (χ2v) is 8.67. The number of hydrogen-bond acceptors (Lipinski definition) is 4. The normalized spacial score (nSPS) is 17.8. The topological polar surface area (TPSA) is 67.5 Å². The molecule has 0 radical (unpaired) electrons. The van der Waals surface area contributed by atoms with E-state index < -0.39 is 0 Å². The van der Waals surface area contributed by atoms with E-state index in [0.717, 1.165) is 53.9 Å². The van der Waals surface area contributed by atoms with Crippen LogP contribution in [-0.2, 0) is 11.3 Å². The molecule has 1 N–H and O–H groups in total. The lowest BCUT2D eigenvalue weighted by Crippen LogP contribution is -2.35. The molecule has 2 fully saturated rings. The first-order valence-corrected chi connectivity index (χ1v) is 11.3. The monoisotopic (exact) mass is 411 g/mol. The average Bonchev–Trinajstić information content (AvgIpc) is 3.43. The molecule has 0 spiro atoms. The summed E-state index contributed by atoms with van der Waals surface area (Å²) in [5, 5.41) is 7.45. The Morgan fingerprint density at radius 3 is 2.43 bits per heavy atom. The van der Waals surface area contributed by atoms with Crippen molar-refractivity contribution < 1.29 is 14.3 Å². The predicted octanol–water partition coefficient (Wildman–Crippen LogP) is 5.61. The van der Waals surface area contributed by atoms with Crippen molar-refractivity contribution in [3.63, 3.8) is 0 Å². The number of aryl methyl sites for hydroxylation is 1. The molecule has 162 valence electrons. The zero-order valence-corrected chi connectivity index (χ0v) is 18.2. The third kappa shape index (κ3) is 4.79. The zero-order valence-electron chi connectivity index (χ0n) is 18.2. The van der Waals surface area contributed by atoms with Gasteiger partial charge >= 0.3 is 6.09 Å².